The van der Waals surface area contributed by atoms with Gasteiger partial charge in [0.25, 0.3) is 0 Å². The Labute approximate surface area is 357 Å². The SMILES string of the molecule is C=O.CCCCC/C=C\C/C=C\CCCCCCCCOCOCCCCCCCOOCCCCCCCC/C=C\C/C=C\CCCCC.CCCCN(C)C. The van der Waals surface area contributed by atoms with Crippen LogP contribution in [0.15, 0.2) is 48.6 Å². The van der Waals surface area contributed by atoms with Gasteiger partial charge in [-0.15, -0.1) is 0 Å². The van der Waals surface area contributed by atoms with E-state index < -0.39 is 0 Å². The highest BCUT2D eigenvalue weighted by Crippen LogP contribution is 2.10. The fraction of sp³-hybridized carbons (Fsp3) is 0.824. The van der Waals surface area contributed by atoms with Gasteiger partial charge in [0.05, 0.1) is 13.2 Å². The van der Waals surface area contributed by atoms with Crippen molar-refractivity contribution in [3.8, 4) is 0 Å². The summed E-state index contributed by atoms with van der Waals surface area (Å²) < 4.78 is 11.3. The van der Waals surface area contributed by atoms with Crippen molar-refractivity contribution >= 4 is 6.79 Å². The lowest BCUT2D eigenvalue weighted by atomic mass is 10.1. The van der Waals surface area contributed by atoms with Gasteiger partial charge >= 0.3 is 0 Å². The van der Waals surface area contributed by atoms with E-state index in [-0.39, 0.29) is 0 Å². The molecule has 0 bridgehead atoms. The van der Waals surface area contributed by atoms with Crippen LogP contribution in [0.4, 0.5) is 0 Å². The minimum atomic E-state index is 0.445. The van der Waals surface area contributed by atoms with Crippen molar-refractivity contribution in [1.82, 2.24) is 4.90 Å². The second kappa shape index (κ2) is 61.1. The van der Waals surface area contributed by atoms with E-state index in [4.69, 9.17) is 24.0 Å². The van der Waals surface area contributed by atoms with Gasteiger partial charge in [-0.3, -0.25) is 0 Å². The number of hydrogen-bond acceptors (Lipinski definition) is 6. The molecule has 0 N–H and O–H groups in total. The van der Waals surface area contributed by atoms with Crippen molar-refractivity contribution in [2.24, 2.45) is 0 Å². The van der Waals surface area contributed by atoms with Gasteiger partial charge in [-0.25, -0.2) is 9.78 Å². The molecule has 0 aliphatic rings. The second-order valence-corrected chi connectivity index (χ2v) is 15.7. The normalized spacial score (nSPS) is 11.7. The Kier molecular flexibility index (Phi) is 64.0. The summed E-state index contributed by atoms with van der Waals surface area (Å²) in [6.07, 6.45) is 57.6. The van der Waals surface area contributed by atoms with Crippen molar-refractivity contribution in [2.45, 2.75) is 220 Å². The number of allylic oxidation sites excluding steroid dienone is 8. The number of ether oxygens (including phenoxy) is 2. The van der Waals surface area contributed by atoms with Crippen LogP contribution in [-0.2, 0) is 24.0 Å². The summed E-state index contributed by atoms with van der Waals surface area (Å²) in [5.74, 6) is 0. The van der Waals surface area contributed by atoms with Crippen LogP contribution in [-0.4, -0.2) is 65.5 Å². The first-order valence-corrected chi connectivity index (χ1v) is 24.1. The molecule has 0 saturated carbocycles. The first kappa shape index (κ1) is 59.7. The highest BCUT2D eigenvalue weighted by atomic mass is 17.2. The molecular formula is C51H99NO5. The Morgan fingerprint density at radius 1 is 0.368 bits per heavy atom. The summed E-state index contributed by atoms with van der Waals surface area (Å²) in [5.41, 5.74) is 0. The molecule has 0 heterocycles. The molecule has 0 rings (SSSR count). The number of carbonyl (C=O) groups excluding carboxylic acids is 1. The molecule has 6 heteroatoms. The van der Waals surface area contributed by atoms with Crippen molar-refractivity contribution in [3.05, 3.63) is 48.6 Å². The second-order valence-electron chi connectivity index (χ2n) is 15.7. The molecule has 0 aromatic rings. The number of hydrogen-bond donors (Lipinski definition) is 0. The standard InChI is InChI=1S/C44H82O4.C6H15N.CH2O/c1-3-5-7-9-11-13-15-17-19-21-23-25-27-29-32-36-40-45-44-46-41-37-33-31-35-39-43-48-47-42-38-34-30-28-26-24-22-20-18-16-14-12-10-8-6-4-2;1-4-5-6-7(2)3;1-2/h11-14,17-20H,3-10,15-16,21-44H2,1-2H3;4-6H2,1-3H3;1H2/b13-11-,14-12-,19-17-,20-18-;;. The highest BCUT2D eigenvalue weighted by Gasteiger charge is 1.97. The largest absolute Gasteiger partial charge is 0.355 e. The van der Waals surface area contributed by atoms with Crippen LogP contribution in [0.3, 0.4) is 0 Å². The molecule has 0 saturated heterocycles. The predicted octanol–water partition coefficient (Wildman–Crippen LogP) is 15.7. The summed E-state index contributed by atoms with van der Waals surface area (Å²) >= 11 is 0. The Balaban J connectivity index is -0.00000289. The molecule has 0 aliphatic carbocycles. The molecule has 0 spiro atoms. The maximum atomic E-state index is 8.00. The lowest BCUT2D eigenvalue weighted by Gasteiger charge is -2.06. The Morgan fingerprint density at radius 3 is 0.982 bits per heavy atom. The third-order valence-electron chi connectivity index (χ3n) is 9.64. The minimum Gasteiger partial charge on any atom is -0.355 e. The Hall–Kier alpha value is -1.57. The topological polar surface area (TPSA) is 57.2 Å². The van der Waals surface area contributed by atoms with E-state index in [1.807, 2.05) is 6.79 Å². The molecule has 0 aliphatic heterocycles. The van der Waals surface area contributed by atoms with Gasteiger partial charge in [-0.05, 0) is 117 Å². The molecule has 0 aromatic carbocycles. The van der Waals surface area contributed by atoms with Crippen LogP contribution in [0.1, 0.15) is 220 Å². The molecule has 6 nitrogen and oxygen atoms in total. The van der Waals surface area contributed by atoms with Crippen molar-refractivity contribution in [1.29, 1.82) is 0 Å². The first-order chi connectivity index (χ1) is 28.2. The monoisotopic (exact) mass is 806 g/mol. The van der Waals surface area contributed by atoms with Gasteiger partial charge in [0.1, 0.15) is 13.6 Å². The summed E-state index contributed by atoms with van der Waals surface area (Å²) in [6.45, 7) is 13.5. The van der Waals surface area contributed by atoms with Crippen LogP contribution < -0.4 is 0 Å². The van der Waals surface area contributed by atoms with Gasteiger partial charge in [0, 0.05) is 13.2 Å². The molecule has 0 atom stereocenters. The lowest BCUT2D eigenvalue weighted by molar-refractivity contribution is -0.295. The molecule has 57 heavy (non-hydrogen) atoms. The number of rotatable bonds is 44. The molecule has 0 fully saturated rings. The van der Waals surface area contributed by atoms with Gasteiger partial charge in [-0.2, -0.15) is 0 Å². The average Bonchev–Trinajstić information content (AvgIpc) is 3.22. The van der Waals surface area contributed by atoms with Crippen molar-refractivity contribution in [2.75, 3.05) is 53.9 Å². The molecule has 0 aromatic heterocycles. The number of unbranched alkanes of at least 4 members (excludes halogenated alkanes) is 23. The van der Waals surface area contributed by atoms with E-state index in [1.54, 1.807) is 0 Å². The summed E-state index contributed by atoms with van der Waals surface area (Å²) in [5, 5.41) is 0. The molecule has 0 amide bonds. The summed E-state index contributed by atoms with van der Waals surface area (Å²) in [4.78, 5) is 20.9. The summed E-state index contributed by atoms with van der Waals surface area (Å²) in [6, 6.07) is 0. The minimum absolute atomic E-state index is 0.445. The van der Waals surface area contributed by atoms with Crippen LogP contribution >= 0.6 is 0 Å². The van der Waals surface area contributed by atoms with Crippen molar-refractivity contribution in [3.63, 3.8) is 0 Å². The van der Waals surface area contributed by atoms with E-state index >= 15 is 0 Å². The Morgan fingerprint density at radius 2 is 0.667 bits per heavy atom. The lowest BCUT2D eigenvalue weighted by Crippen LogP contribution is -2.12. The van der Waals surface area contributed by atoms with Crippen LogP contribution in [0, 0.1) is 0 Å². The zero-order valence-electron chi connectivity index (χ0n) is 39.0. The van der Waals surface area contributed by atoms with E-state index in [0.717, 1.165) is 58.3 Å². The number of carbonyl (C=O) groups is 1. The third-order valence-corrected chi connectivity index (χ3v) is 9.64. The smallest absolute Gasteiger partial charge is 0.146 e. The molecule has 0 radical (unpaired) electrons. The zero-order chi connectivity index (χ0) is 42.2. The van der Waals surface area contributed by atoms with E-state index in [1.165, 1.54) is 167 Å². The maximum Gasteiger partial charge on any atom is 0.146 e. The van der Waals surface area contributed by atoms with Crippen LogP contribution in [0.5, 0.6) is 0 Å². The van der Waals surface area contributed by atoms with E-state index in [0.29, 0.717) is 13.4 Å². The quantitative estimate of drug-likeness (QED) is 0.0201. The van der Waals surface area contributed by atoms with Crippen LogP contribution in [0.25, 0.3) is 0 Å². The molecular weight excluding hydrogens is 707 g/mol. The van der Waals surface area contributed by atoms with Crippen molar-refractivity contribution < 1.29 is 24.0 Å². The predicted molar refractivity (Wildman–Crippen MR) is 251 cm³/mol. The molecule has 0 unspecified atom stereocenters. The fourth-order valence-corrected chi connectivity index (χ4v) is 6.01. The van der Waals surface area contributed by atoms with Crippen LogP contribution in [0.2, 0.25) is 0 Å². The van der Waals surface area contributed by atoms with Gasteiger partial charge in [0.2, 0.25) is 0 Å². The molecule has 338 valence electrons. The Bertz CT molecular complexity index is 738. The highest BCUT2D eigenvalue weighted by molar-refractivity contribution is 5.11. The van der Waals surface area contributed by atoms with Gasteiger partial charge < -0.3 is 19.2 Å². The fourth-order valence-electron chi connectivity index (χ4n) is 6.01. The zero-order valence-corrected chi connectivity index (χ0v) is 39.0. The average molecular weight is 806 g/mol. The van der Waals surface area contributed by atoms with E-state index in [9.17, 15) is 0 Å². The number of nitrogens with zero attached hydrogens (tertiary/aromatic N) is 1. The van der Waals surface area contributed by atoms with E-state index in [2.05, 4.69) is 88.4 Å². The first-order valence-electron chi connectivity index (χ1n) is 24.1. The van der Waals surface area contributed by atoms with Gasteiger partial charge in [-0.1, -0.05) is 172 Å². The maximum absolute atomic E-state index is 8.00. The van der Waals surface area contributed by atoms with Gasteiger partial charge in [0.15, 0.2) is 0 Å². The summed E-state index contributed by atoms with van der Waals surface area (Å²) in [7, 11) is 4.21. The third kappa shape index (κ3) is 66.5.